The Morgan fingerprint density at radius 3 is 1.90 bits per heavy atom. The zero-order valence-electron chi connectivity index (χ0n) is 10.4. The van der Waals surface area contributed by atoms with Gasteiger partial charge in [0.2, 0.25) is 0 Å². The second-order valence-electron chi connectivity index (χ2n) is 4.06. The van der Waals surface area contributed by atoms with E-state index in [0.717, 1.165) is 6.07 Å². The topological polar surface area (TPSA) is 103 Å². The van der Waals surface area contributed by atoms with Crippen molar-refractivity contribution in [2.45, 2.75) is 0 Å². The molecule has 0 aliphatic heterocycles. The highest BCUT2D eigenvalue weighted by Crippen LogP contribution is 2.29. The van der Waals surface area contributed by atoms with Crippen LogP contribution in [0.4, 0.5) is 11.4 Å². The second kappa shape index (κ2) is 5.68. The van der Waals surface area contributed by atoms with Crippen LogP contribution in [0.3, 0.4) is 0 Å². The Balaban J connectivity index is 2.54. The summed E-state index contributed by atoms with van der Waals surface area (Å²) in [6, 6.07) is 9.14. The number of carbonyl (C=O) groups is 1. The number of non-ortho nitro benzene ring substituents is 2. The van der Waals surface area contributed by atoms with Gasteiger partial charge in [0.15, 0.2) is 0 Å². The minimum absolute atomic E-state index is 0.0280. The number of nitro groups is 2. The summed E-state index contributed by atoms with van der Waals surface area (Å²) < 4.78 is 0. The molecule has 0 fully saturated rings. The van der Waals surface area contributed by atoms with Crippen LogP contribution in [0.15, 0.2) is 42.5 Å². The molecule has 0 aromatic heterocycles. The van der Waals surface area contributed by atoms with Gasteiger partial charge in [-0.05, 0) is 40.9 Å². The molecule has 0 aliphatic rings. The van der Waals surface area contributed by atoms with E-state index in [4.69, 9.17) is 11.6 Å². The van der Waals surface area contributed by atoms with E-state index >= 15 is 0 Å². The average Bonchev–Trinajstić information content (AvgIpc) is 2.46. The Kier molecular flexibility index (Phi) is 3.95. The number of halogens is 1. The molecule has 2 aromatic rings. The highest BCUT2D eigenvalue weighted by molar-refractivity contribution is 6.68. The molecule has 0 atom stereocenters. The molecule has 0 N–H and O–H groups in total. The van der Waals surface area contributed by atoms with E-state index in [2.05, 4.69) is 0 Å². The minimum Gasteiger partial charge on any atom is -0.276 e. The molecule has 0 bridgehead atoms. The van der Waals surface area contributed by atoms with Crippen molar-refractivity contribution in [3.8, 4) is 11.1 Å². The summed E-state index contributed by atoms with van der Waals surface area (Å²) in [7, 11) is 0. The number of rotatable bonds is 4. The summed E-state index contributed by atoms with van der Waals surface area (Å²) in [6.07, 6.45) is 0. The average molecular weight is 307 g/mol. The smallest absolute Gasteiger partial charge is 0.270 e. The predicted octanol–water partition coefficient (Wildman–Crippen LogP) is 3.55. The monoisotopic (exact) mass is 306 g/mol. The van der Waals surface area contributed by atoms with Crippen LogP contribution in [-0.2, 0) is 0 Å². The molecule has 0 spiro atoms. The van der Waals surface area contributed by atoms with Crippen LogP contribution in [0, 0.1) is 20.2 Å². The van der Waals surface area contributed by atoms with E-state index in [1.165, 1.54) is 36.4 Å². The van der Waals surface area contributed by atoms with Crippen molar-refractivity contribution >= 4 is 28.2 Å². The van der Waals surface area contributed by atoms with Crippen LogP contribution in [0.2, 0.25) is 0 Å². The van der Waals surface area contributed by atoms with Crippen molar-refractivity contribution in [2.75, 3.05) is 0 Å². The molecule has 2 aromatic carbocycles. The third-order valence-corrected chi connectivity index (χ3v) is 3.02. The number of nitrogens with zero attached hydrogens (tertiary/aromatic N) is 2. The van der Waals surface area contributed by atoms with E-state index in [9.17, 15) is 25.0 Å². The van der Waals surface area contributed by atoms with Crippen molar-refractivity contribution in [1.82, 2.24) is 0 Å². The van der Waals surface area contributed by atoms with E-state index < -0.39 is 15.1 Å². The normalized spacial score (nSPS) is 10.1. The van der Waals surface area contributed by atoms with Crippen LogP contribution in [0.5, 0.6) is 0 Å². The SMILES string of the molecule is O=C(Cl)c1cc([N+](=O)[O-])ccc1-c1ccc([N+](=O)[O-])cc1. The van der Waals surface area contributed by atoms with Gasteiger partial charge in [0.05, 0.1) is 9.85 Å². The van der Waals surface area contributed by atoms with Crippen LogP contribution in [-0.4, -0.2) is 15.1 Å². The highest BCUT2D eigenvalue weighted by Gasteiger charge is 2.17. The van der Waals surface area contributed by atoms with Gasteiger partial charge >= 0.3 is 0 Å². The molecule has 21 heavy (non-hydrogen) atoms. The summed E-state index contributed by atoms with van der Waals surface area (Å²) >= 11 is 5.45. The Bertz CT molecular complexity index is 743. The molecule has 0 aliphatic carbocycles. The van der Waals surface area contributed by atoms with Gasteiger partial charge in [0.25, 0.3) is 16.6 Å². The lowest BCUT2D eigenvalue weighted by Gasteiger charge is -2.06. The maximum atomic E-state index is 11.4. The fourth-order valence-corrected chi connectivity index (χ4v) is 1.98. The van der Waals surface area contributed by atoms with Crippen molar-refractivity contribution in [3.05, 3.63) is 68.3 Å². The first-order valence-corrected chi connectivity index (χ1v) is 6.01. The molecule has 7 nitrogen and oxygen atoms in total. The van der Waals surface area contributed by atoms with Gasteiger partial charge in [-0.25, -0.2) is 0 Å². The lowest BCUT2D eigenvalue weighted by molar-refractivity contribution is -0.385. The lowest BCUT2D eigenvalue weighted by Crippen LogP contribution is -1.97. The minimum atomic E-state index is -0.841. The highest BCUT2D eigenvalue weighted by atomic mass is 35.5. The van der Waals surface area contributed by atoms with E-state index in [0.29, 0.717) is 11.1 Å². The number of benzene rings is 2. The first kappa shape index (κ1) is 14.6. The number of hydrogen-bond donors (Lipinski definition) is 0. The molecular weight excluding hydrogens is 300 g/mol. The molecule has 0 unspecified atom stereocenters. The summed E-state index contributed by atoms with van der Waals surface area (Å²) in [4.78, 5) is 31.6. The van der Waals surface area contributed by atoms with Gasteiger partial charge in [0, 0.05) is 29.8 Å². The molecule has 0 saturated heterocycles. The quantitative estimate of drug-likeness (QED) is 0.488. The lowest BCUT2D eigenvalue weighted by atomic mass is 9.99. The van der Waals surface area contributed by atoms with Crippen LogP contribution >= 0.6 is 11.6 Å². The van der Waals surface area contributed by atoms with Gasteiger partial charge in [-0.2, -0.15) is 0 Å². The molecule has 0 radical (unpaired) electrons. The molecule has 8 heteroatoms. The van der Waals surface area contributed by atoms with Gasteiger partial charge in [-0.15, -0.1) is 0 Å². The fourth-order valence-electron chi connectivity index (χ4n) is 1.82. The summed E-state index contributed by atoms with van der Waals surface area (Å²) in [5.41, 5.74) is 0.485. The Hall–Kier alpha value is -2.80. The van der Waals surface area contributed by atoms with Gasteiger partial charge < -0.3 is 0 Å². The number of carbonyl (C=O) groups excluding carboxylic acids is 1. The molecule has 0 heterocycles. The van der Waals surface area contributed by atoms with Gasteiger partial charge in [-0.3, -0.25) is 25.0 Å². The van der Waals surface area contributed by atoms with Crippen molar-refractivity contribution in [2.24, 2.45) is 0 Å². The standard InChI is InChI=1S/C13H7ClN2O5/c14-13(17)12-7-10(16(20)21)5-6-11(12)8-1-3-9(4-2-8)15(18)19/h1-7H. The maximum Gasteiger partial charge on any atom is 0.270 e. The largest absolute Gasteiger partial charge is 0.276 e. The van der Waals surface area contributed by atoms with Gasteiger partial charge in [0.1, 0.15) is 0 Å². The summed E-state index contributed by atoms with van der Waals surface area (Å²) in [5, 5.41) is 20.5. The maximum absolute atomic E-state index is 11.4. The molecule has 2 rings (SSSR count). The van der Waals surface area contributed by atoms with Gasteiger partial charge in [-0.1, -0.05) is 0 Å². The van der Waals surface area contributed by atoms with Crippen molar-refractivity contribution in [1.29, 1.82) is 0 Å². The molecule has 0 amide bonds. The number of nitro benzene ring substituents is 2. The third-order valence-electron chi connectivity index (χ3n) is 2.81. The molecule has 106 valence electrons. The Morgan fingerprint density at radius 1 is 0.905 bits per heavy atom. The summed E-state index contributed by atoms with van der Waals surface area (Å²) in [6.45, 7) is 0. The van der Waals surface area contributed by atoms with Crippen LogP contribution < -0.4 is 0 Å². The third kappa shape index (κ3) is 3.03. The summed E-state index contributed by atoms with van der Waals surface area (Å²) in [5.74, 6) is 0. The number of hydrogen-bond acceptors (Lipinski definition) is 5. The first-order valence-electron chi connectivity index (χ1n) is 5.63. The van der Waals surface area contributed by atoms with Crippen LogP contribution in [0.25, 0.3) is 11.1 Å². The predicted molar refractivity (Wildman–Crippen MR) is 75.4 cm³/mol. The molecular formula is C13H7ClN2O5. The first-order chi connectivity index (χ1) is 9.90. The van der Waals surface area contributed by atoms with E-state index in [1.807, 2.05) is 0 Å². The van der Waals surface area contributed by atoms with Crippen molar-refractivity contribution < 1.29 is 14.6 Å². The zero-order valence-corrected chi connectivity index (χ0v) is 11.1. The Morgan fingerprint density at radius 2 is 1.43 bits per heavy atom. The fraction of sp³-hybridized carbons (Fsp3) is 0. The van der Waals surface area contributed by atoms with Crippen molar-refractivity contribution in [3.63, 3.8) is 0 Å². The molecule has 0 saturated carbocycles. The van der Waals surface area contributed by atoms with E-state index in [1.54, 1.807) is 0 Å². The Labute approximate surface area is 123 Å². The van der Waals surface area contributed by atoms with Crippen LogP contribution in [0.1, 0.15) is 10.4 Å². The second-order valence-corrected chi connectivity index (χ2v) is 4.41. The zero-order chi connectivity index (χ0) is 15.6. The van der Waals surface area contributed by atoms with E-state index in [-0.39, 0.29) is 16.9 Å².